The third-order valence-electron chi connectivity index (χ3n) is 3.54. The Hall–Kier alpha value is -2.28. The molecule has 2 rings (SSSR count). The molecule has 1 N–H and O–H groups in total. The van der Waals surface area contributed by atoms with Gasteiger partial charge in [0.1, 0.15) is 6.10 Å². The molecule has 1 aromatic rings. The number of benzene rings is 1. The lowest BCUT2D eigenvalue weighted by atomic mass is 9.98. The Kier molecular flexibility index (Phi) is 5.39. The number of ether oxygens (including phenoxy) is 1. The van der Waals surface area contributed by atoms with Crippen molar-refractivity contribution in [2.45, 2.75) is 38.2 Å². The number of rotatable bonds is 4. The SMILES string of the molecule is C#CCNC(=O)c1cccc(C(=O)OC2CCCCC2)c1. The molecule has 1 aliphatic rings. The van der Waals surface area contributed by atoms with Crippen molar-refractivity contribution in [1.29, 1.82) is 0 Å². The van der Waals surface area contributed by atoms with Crippen LogP contribution in [0.1, 0.15) is 52.8 Å². The lowest BCUT2D eigenvalue weighted by Crippen LogP contribution is -2.24. The first-order valence-corrected chi connectivity index (χ1v) is 7.23. The number of hydrogen-bond donors (Lipinski definition) is 1. The number of nitrogens with one attached hydrogen (secondary N) is 1. The Bertz CT molecular complexity index is 553. The highest BCUT2D eigenvalue weighted by Gasteiger charge is 2.19. The lowest BCUT2D eigenvalue weighted by Gasteiger charge is -2.21. The maximum absolute atomic E-state index is 12.1. The van der Waals surface area contributed by atoms with E-state index in [4.69, 9.17) is 11.2 Å². The van der Waals surface area contributed by atoms with Gasteiger partial charge in [0.2, 0.25) is 0 Å². The van der Waals surface area contributed by atoms with E-state index in [9.17, 15) is 9.59 Å². The molecule has 1 fully saturated rings. The zero-order chi connectivity index (χ0) is 15.1. The van der Waals surface area contributed by atoms with E-state index in [1.165, 1.54) is 12.5 Å². The average molecular weight is 285 g/mol. The van der Waals surface area contributed by atoms with Crippen LogP contribution < -0.4 is 5.32 Å². The Morgan fingerprint density at radius 2 is 1.95 bits per heavy atom. The van der Waals surface area contributed by atoms with Gasteiger partial charge in [0, 0.05) is 5.56 Å². The molecule has 0 saturated heterocycles. The molecule has 21 heavy (non-hydrogen) atoms. The second kappa shape index (κ2) is 7.49. The van der Waals surface area contributed by atoms with Gasteiger partial charge in [-0.25, -0.2) is 4.79 Å². The molecule has 0 bridgehead atoms. The zero-order valence-corrected chi connectivity index (χ0v) is 11.9. The van der Waals surface area contributed by atoms with Crippen LogP contribution >= 0.6 is 0 Å². The summed E-state index contributed by atoms with van der Waals surface area (Å²) in [5.41, 5.74) is 0.803. The predicted molar refractivity (Wildman–Crippen MR) is 79.9 cm³/mol. The van der Waals surface area contributed by atoms with Gasteiger partial charge in [0.05, 0.1) is 12.1 Å². The molecule has 4 nitrogen and oxygen atoms in total. The molecule has 1 aromatic carbocycles. The van der Waals surface area contributed by atoms with Gasteiger partial charge >= 0.3 is 5.97 Å². The van der Waals surface area contributed by atoms with Crippen LogP contribution in [-0.2, 0) is 4.74 Å². The van der Waals surface area contributed by atoms with E-state index < -0.39 is 0 Å². The summed E-state index contributed by atoms with van der Waals surface area (Å²) in [4.78, 5) is 23.9. The topological polar surface area (TPSA) is 55.4 Å². The maximum Gasteiger partial charge on any atom is 0.338 e. The summed E-state index contributed by atoms with van der Waals surface area (Å²) in [7, 11) is 0. The molecule has 0 heterocycles. The number of carbonyl (C=O) groups is 2. The van der Waals surface area contributed by atoms with Crippen LogP contribution in [-0.4, -0.2) is 24.5 Å². The van der Waals surface area contributed by atoms with E-state index in [1.807, 2.05) is 0 Å². The highest BCUT2D eigenvalue weighted by atomic mass is 16.5. The van der Waals surface area contributed by atoms with Gasteiger partial charge < -0.3 is 10.1 Å². The van der Waals surface area contributed by atoms with E-state index in [0.29, 0.717) is 11.1 Å². The van der Waals surface area contributed by atoms with E-state index in [0.717, 1.165) is 25.7 Å². The van der Waals surface area contributed by atoms with Crippen LogP contribution in [0.3, 0.4) is 0 Å². The van der Waals surface area contributed by atoms with Gasteiger partial charge in [-0.05, 0) is 43.9 Å². The molecule has 0 aliphatic heterocycles. The van der Waals surface area contributed by atoms with Gasteiger partial charge in [0.25, 0.3) is 5.91 Å². The van der Waals surface area contributed by atoms with Gasteiger partial charge in [-0.2, -0.15) is 0 Å². The fourth-order valence-electron chi connectivity index (χ4n) is 2.42. The molecule has 0 atom stereocenters. The summed E-state index contributed by atoms with van der Waals surface area (Å²) in [5, 5.41) is 2.57. The number of esters is 1. The van der Waals surface area contributed by atoms with Crippen molar-refractivity contribution < 1.29 is 14.3 Å². The van der Waals surface area contributed by atoms with Crippen molar-refractivity contribution in [3.63, 3.8) is 0 Å². The minimum Gasteiger partial charge on any atom is -0.459 e. The predicted octanol–water partition coefficient (Wildman–Crippen LogP) is 2.54. The van der Waals surface area contributed by atoms with Crippen molar-refractivity contribution in [2.75, 3.05) is 6.54 Å². The molecule has 4 heteroatoms. The van der Waals surface area contributed by atoms with Gasteiger partial charge in [-0.3, -0.25) is 4.79 Å². The number of carbonyl (C=O) groups excluding carboxylic acids is 2. The normalized spacial score (nSPS) is 15.0. The summed E-state index contributed by atoms with van der Waals surface area (Å²) in [6.07, 6.45) is 10.4. The first-order valence-electron chi connectivity index (χ1n) is 7.23. The Morgan fingerprint density at radius 3 is 2.67 bits per heavy atom. The number of hydrogen-bond acceptors (Lipinski definition) is 3. The minimum atomic E-state index is -0.367. The standard InChI is InChI=1S/C17H19NO3/c1-2-11-18-16(19)13-7-6-8-14(12-13)17(20)21-15-9-4-3-5-10-15/h1,6-8,12,15H,3-5,9-11H2,(H,18,19). The first kappa shape index (κ1) is 15.1. The van der Waals surface area contributed by atoms with Crippen LogP contribution in [0.15, 0.2) is 24.3 Å². The van der Waals surface area contributed by atoms with Crippen molar-refractivity contribution >= 4 is 11.9 Å². The van der Waals surface area contributed by atoms with E-state index >= 15 is 0 Å². The zero-order valence-electron chi connectivity index (χ0n) is 11.9. The Morgan fingerprint density at radius 1 is 1.24 bits per heavy atom. The second-order valence-corrected chi connectivity index (χ2v) is 5.13. The van der Waals surface area contributed by atoms with Gasteiger partial charge in [-0.15, -0.1) is 6.42 Å². The van der Waals surface area contributed by atoms with Crippen molar-refractivity contribution in [2.24, 2.45) is 0 Å². The van der Waals surface area contributed by atoms with Crippen LogP contribution in [0.4, 0.5) is 0 Å². The Balaban J connectivity index is 2.00. The summed E-state index contributed by atoms with van der Waals surface area (Å²) in [6, 6.07) is 6.51. The lowest BCUT2D eigenvalue weighted by molar-refractivity contribution is 0.0211. The van der Waals surface area contributed by atoms with E-state index in [2.05, 4.69) is 11.2 Å². The molecule has 1 saturated carbocycles. The molecular formula is C17H19NO3. The average Bonchev–Trinajstić information content (AvgIpc) is 2.53. The molecule has 0 spiro atoms. The molecular weight excluding hydrogens is 266 g/mol. The van der Waals surface area contributed by atoms with Gasteiger partial charge in [0.15, 0.2) is 0 Å². The monoisotopic (exact) mass is 285 g/mol. The van der Waals surface area contributed by atoms with E-state index in [-0.39, 0.29) is 24.5 Å². The second-order valence-electron chi connectivity index (χ2n) is 5.13. The largest absolute Gasteiger partial charge is 0.459 e. The van der Waals surface area contributed by atoms with E-state index in [1.54, 1.807) is 18.2 Å². The third kappa shape index (κ3) is 4.35. The third-order valence-corrected chi connectivity index (χ3v) is 3.54. The highest BCUT2D eigenvalue weighted by Crippen LogP contribution is 2.21. The van der Waals surface area contributed by atoms with Crippen LogP contribution in [0.5, 0.6) is 0 Å². The van der Waals surface area contributed by atoms with Crippen molar-refractivity contribution in [1.82, 2.24) is 5.32 Å². The number of terminal acetylenes is 1. The number of amides is 1. The molecule has 1 aliphatic carbocycles. The summed E-state index contributed by atoms with van der Waals surface area (Å²) >= 11 is 0. The smallest absolute Gasteiger partial charge is 0.338 e. The van der Waals surface area contributed by atoms with Crippen molar-refractivity contribution in [3.8, 4) is 12.3 Å². The minimum absolute atomic E-state index is 0.00479. The molecule has 0 unspecified atom stereocenters. The van der Waals surface area contributed by atoms with Crippen LogP contribution in [0.2, 0.25) is 0 Å². The van der Waals surface area contributed by atoms with Gasteiger partial charge in [-0.1, -0.05) is 18.4 Å². The molecule has 1 amide bonds. The highest BCUT2D eigenvalue weighted by molar-refractivity contribution is 5.98. The van der Waals surface area contributed by atoms with Crippen LogP contribution in [0.25, 0.3) is 0 Å². The summed E-state index contributed by atoms with van der Waals surface area (Å²) in [5.74, 6) is 1.68. The fraction of sp³-hybridized carbons (Fsp3) is 0.412. The quantitative estimate of drug-likeness (QED) is 0.683. The Labute approximate surface area is 124 Å². The van der Waals surface area contributed by atoms with Crippen molar-refractivity contribution in [3.05, 3.63) is 35.4 Å². The maximum atomic E-state index is 12.1. The molecule has 0 radical (unpaired) electrons. The first-order chi connectivity index (χ1) is 10.2. The summed E-state index contributed by atoms with van der Waals surface area (Å²) in [6.45, 7) is 0.162. The molecule has 110 valence electrons. The van der Waals surface area contributed by atoms with Crippen LogP contribution in [0, 0.1) is 12.3 Å². The summed E-state index contributed by atoms with van der Waals surface area (Å²) < 4.78 is 5.49. The fourth-order valence-corrected chi connectivity index (χ4v) is 2.42. The molecule has 0 aromatic heterocycles.